The minimum absolute atomic E-state index is 0.0612. The fraction of sp³-hybridized carbons (Fsp3) is 0.214. The van der Waals surface area contributed by atoms with Gasteiger partial charge in [0.05, 0.1) is 37.5 Å². The Morgan fingerprint density at radius 3 is 2.33 bits per heavy atom. The highest BCUT2D eigenvalue weighted by Crippen LogP contribution is 2.44. The summed E-state index contributed by atoms with van der Waals surface area (Å²) in [6, 6.07) is 16.2. The van der Waals surface area contributed by atoms with Gasteiger partial charge < -0.3 is 19.3 Å². The third-order valence-electron chi connectivity index (χ3n) is 5.95. The molecule has 1 amide bonds. The minimum Gasteiger partial charge on any atom is -0.507 e. The van der Waals surface area contributed by atoms with E-state index in [4.69, 9.17) is 25.8 Å². The van der Waals surface area contributed by atoms with Gasteiger partial charge in [0.1, 0.15) is 11.5 Å². The standard InChI is InChI=1S/C28H26ClNO6/c1-5-36-22-12-9-17(15-23(22)35-4)25-24(26(31)18-10-11-21(34-3)20(29)14-18)27(32)28(33)30(25)19-8-6-7-16(2)13-19/h6-15,25,31H,5H2,1-4H3/b26-24-. The first-order valence-electron chi connectivity index (χ1n) is 11.3. The van der Waals surface area contributed by atoms with Gasteiger partial charge in [0.15, 0.2) is 11.5 Å². The fourth-order valence-corrected chi connectivity index (χ4v) is 4.55. The number of aliphatic hydroxyl groups excluding tert-OH is 1. The van der Waals surface area contributed by atoms with E-state index >= 15 is 0 Å². The Labute approximate surface area is 214 Å². The number of rotatable bonds is 7. The Morgan fingerprint density at radius 2 is 1.69 bits per heavy atom. The molecule has 0 aromatic heterocycles. The van der Waals surface area contributed by atoms with Crippen LogP contribution in [0.1, 0.15) is 29.7 Å². The van der Waals surface area contributed by atoms with Crippen LogP contribution in [0, 0.1) is 6.92 Å². The third kappa shape index (κ3) is 4.50. The maximum absolute atomic E-state index is 13.4. The molecule has 3 aromatic carbocycles. The average Bonchev–Trinajstić information content (AvgIpc) is 3.14. The highest BCUT2D eigenvalue weighted by molar-refractivity contribution is 6.51. The molecule has 1 fully saturated rings. The molecule has 0 saturated carbocycles. The number of hydrogen-bond donors (Lipinski definition) is 1. The number of halogens is 1. The Morgan fingerprint density at radius 1 is 0.972 bits per heavy atom. The number of hydrogen-bond acceptors (Lipinski definition) is 6. The van der Waals surface area contributed by atoms with Crippen LogP contribution in [-0.2, 0) is 9.59 Å². The van der Waals surface area contributed by atoms with Crippen molar-refractivity contribution in [2.24, 2.45) is 0 Å². The normalized spacial score (nSPS) is 16.8. The van der Waals surface area contributed by atoms with Crippen LogP contribution < -0.4 is 19.1 Å². The van der Waals surface area contributed by atoms with Gasteiger partial charge in [0.25, 0.3) is 11.7 Å². The Kier molecular flexibility index (Phi) is 7.22. The van der Waals surface area contributed by atoms with Crippen LogP contribution >= 0.6 is 11.6 Å². The monoisotopic (exact) mass is 507 g/mol. The molecule has 36 heavy (non-hydrogen) atoms. The third-order valence-corrected chi connectivity index (χ3v) is 6.25. The highest BCUT2D eigenvalue weighted by Gasteiger charge is 2.47. The summed E-state index contributed by atoms with van der Waals surface area (Å²) in [6.07, 6.45) is 0. The van der Waals surface area contributed by atoms with E-state index in [-0.39, 0.29) is 21.9 Å². The molecule has 3 aromatic rings. The van der Waals surface area contributed by atoms with E-state index in [1.807, 2.05) is 32.0 Å². The van der Waals surface area contributed by atoms with Crippen LogP contribution in [0.3, 0.4) is 0 Å². The first kappa shape index (κ1) is 25.1. The summed E-state index contributed by atoms with van der Waals surface area (Å²) in [4.78, 5) is 28.1. The van der Waals surface area contributed by atoms with Crippen molar-refractivity contribution in [1.29, 1.82) is 0 Å². The zero-order valence-electron chi connectivity index (χ0n) is 20.4. The number of anilines is 1. The Hall–Kier alpha value is -3.97. The SMILES string of the molecule is CCOc1ccc(C2/C(=C(/O)c3ccc(OC)c(Cl)c3)C(=O)C(=O)N2c2cccc(C)c2)cc1OC. The highest BCUT2D eigenvalue weighted by atomic mass is 35.5. The first-order chi connectivity index (χ1) is 17.3. The number of Topliss-reactive ketones (excluding diaryl/α,β-unsaturated/α-hetero) is 1. The molecular weight excluding hydrogens is 482 g/mol. The van der Waals surface area contributed by atoms with Gasteiger partial charge >= 0.3 is 0 Å². The second-order valence-corrected chi connectivity index (χ2v) is 8.61. The summed E-state index contributed by atoms with van der Waals surface area (Å²) < 4.78 is 16.3. The topological polar surface area (TPSA) is 85.3 Å². The lowest BCUT2D eigenvalue weighted by Crippen LogP contribution is -2.29. The maximum atomic E-state index is 13.4. The van der Waals surface area contributed by atoms with Crippen molar-refractivity contribution in [1.82, 2.24) is 0 Å². The maximum Gasteiger partial charge on any atom is 0.300 e. The van der Waals surface area contributed by atoms with Crippen molar-refractivity contribution in [2.45, 2.75) is 19.9 Å². The zero-order chi connectivity index (χ0) is 26.0. The lowest BCUT2D eigenvalue weighted by Gasteiger charge is -2.26. The Balaban J connectivity index is 1.96. The van der Waals surface area contributed by atoms with Crippen molar-refractivity contribution in [3.63, 3.8) is 0 Å². The zero-order valence-corrected chi connectivity index (χ0v) is 21.1. The molecule has 1 aliphatic rings. The van der Waals surface area contributed by atoms with Crippen LogP contribution in [-0.4, -0.2) is 37.6 Å². The predicted molar refractivity (Wildman–Crippen MR) is 138 cm³/mol. The van der Waals surface area contributed by atoms with E-state index in [1.54, 1.807) is 36.4 Å². The van der Waals surface area contributed by atoms with Crippen LogP contribution in [0.5, 0.6) is 17.2 Å². The number of amides is 1. The van der Waals surface area contributed by atoms with E-state index in [9.17, 15) is 14.7 Å². The van der Waals surface area contributed by atoms with Crippen molar-refractivity contribution in [3.05, 3.63) is 87.9 Å². The quantitative estimate of drug-likeness (QED) is 0.251. The fourth-order valence-electron chi connectivity index (χ4n) is 4.29. The summed E-state index contributed by atoms with van der Waals surface area (Å²) >= 11 is 6.28. The molecule has 7 nitrogen and oxygen atoms in total. The van der Waals surface area contributed by atoms with Gasteiger partial charge in [-0.25, -0.2) is 0 Å². The van der Waals surface area contributed by atoms with Crippen molar-refractivity contribution in [3.8, 4) is 17.2 Å². The molecule has 0 bridgehead atoms. The van der Waals surface area contributed by atoms with Crippen molar-refractivity contribution in [2.75, 3.05) is 25.7 Å². The number of ether oxygens (including phenoxy) is 3. The molecule has 1 N–H and O–H groups in total. The largest absolute Gasteiger partial charge is 0.507 e. The van der Waals surface area contributed by atoms with Gasteiger partial charge in [-0.15, -0.1) is 0 Å². The van der Waals surface area contributed by atoms with Gasteiger partial charge in [-0.1, -0.05) is 29.8 Å². The van der Waals surface area contributed by atoms with Crippen LogP contribution in [0.4, 0.5) is 5.69 Å². The number of ketones is 1. The summed E-state index contributed by atoms with van der Waals surface area (Å²) in [5, 5.41) is 11.6. The molecule has 0 spiro atoms. The summed E-state index contributed by atoms with van der Waals surface area (Å²) in [5.41, 5.74) is 2.23. The lowest BCUT2D eigenvalue weighted by atomic mass is 9.94. The second kappa shape index (κ2) is 10.3. The van der Waals surface area contributed by atoms with Crippen LogP contribution in [0.25, 0.3) is 5.76 Å². The second-order valence-electron chi connectivity index (χ2n) is 8.20. The summed E-state index contributed by atoms with van der Waals surface area (Å²) in [7, 11) is 2.99. The number of nitrogens with zero attached hydrogens (tertiary/aromatic N) is 1. The molecule has 4 rings (SSSR count). The Bertz CT molecular complexity index is 1370. The van der Waals surface area contributed by atoms with Crippen molar-refractivity contribution >= 4 is 34.7 Å². The summed E-state index contributed by atoms with van der Waals surface area (Å²) in [6.45, 7) is 4.20. The average molecular weight is 508 g/mol. The number of methoxy groups -OCH3 is 2. The number of carbonyl (C=O) groups is 2. The number of aliphatic hydroxyl groups is 1. The molecule has 8 heteroatoms. The molecule has 186 valence electrons. The van der Waals surface area contributed by atoms with E-state index in [0.29, 0.717) is 35.1 Å². The molecule has 1 saturated heterocycles. The van der Waals surface area contributed by atoms with E-state index in [1.165, 1.54) is 25.2 Å². The van der Waals surface area contributed by atoms with Gasteiger partial charge in [-0.3, -0.25) is 14.5 Å². The lowest BCUT2D eigenvalue weighted by molar-refractivity contribution is -0.132. The summed E-state index contributed by atoms with van der Waals surface area (Å²) in [5.74, 6) is -0.514. The molecule has 0 aliphatic carbocycles. The van der Waals surface area contributed by atoms with E-state index < -0.39 is 17.7 Å². The molecule has 0 radical (unpaired) electrons. The van der Waals surface area contributed by atoms with Gasteiger partial charge in [-0.2, -0.15) is 0 Å². The minimum atomic E-state index is -0.919. The van der Waals surface area contributed by atoms with Gasteiger partial charge in [0, 0.05) is 11.3 Å². The predicted octanol–water partition coefficient (Wildman–Crippen LogP) is 5.69. The number of benzene rings is 3. The molecule has 1 atom stereocenters. The molecule has 1 heterocycles. The van der Waals surface area contributed by atoms with E-state index in [0.717, 1.165) is 5.56 Å². The molecular formula is C28H26ClNO6. The van der Waals surface area contributed by atoms with Gasteiger partial charge in [-0.05, 0) is 67.4 Å². The smallest absolute Gasteiger partial charge is 0.300 e. The van der Waals surface area contributed by atoms with Gasteiger partial charge in [0.2, 0.25) is 0 Å². The number of aryl methyl sites for hydroxylation is 1. The first-order valence-corrected chi connectivity index (χ1v) is 11.7. The van der Waals surface area contributed by atoms with Crippen LogP contribution in [0.15, 0.2) is 66.2 Å². The number of carbonyl (C=O) groups excluding carboxylic acids is 2. The van der Waals surface area contributed by atoms with E-state index in [2.05, 4.69) is 0 Å². The molecule has 1 unspecified atom stereocenters. The molecule has 1 aliphatic heterocycles. The van der Waals surface area contributed by atoms with Crippen LogP contribution in [0.2, 0.25) is 5.02 Å². The van der Waals surface area contributed by atoms with Crippen molar-refractivity contribution < 1.29 is 28.9 Å².